The van der Waals surface area contributed by atoms with E-state index in [2.05, 4.69) is 5.32 Å². The van der Waals surface area contributed by atoms with Crippen LogP contribution in [-0.4, -0.2) is 32.0 Å². The summed E-state index contributed by atoms with van der Waals surface area (Å²) < 4.78 is 10.7. The standard InChI is InChI=1S/C22H20N2O5/c1-28-16-8-6-15(7-9-16)24-13-14(10-21(24)26)12-23-22(27)20-11-18(25)17-4-2-3-5-19(17)29-20/h2-9,11,14H,10,12-13H2,1H3,(H,23,27). The molecule has 2 aromatic carbocycles. The van der Waals surface area contributed by atoms with Crippen molar-refractivity contribution in [2.24, 2.45) is 5.92 Å². The largest absolute Gasteiger partial charge is 0.497 e. The highest BCUT2D eigenvalue weighted by Gasteiger charge is 2.31. The number of rotatable bonds is 5. The molecule has 1 unspecified atom stereocenters. The van der Waals surface area contributed by atoms with E-state index in [0.29, 0.717) is 30.5 Å². The van der Waals surface area contributed by atoms with E-state index in [1.54, 1.807) is 48.4 Å². The Hall–Kier alpha value is -3.61. The maximum Gasteiger partial charge on any atom is 0.287 e. The first-order chi connectivity index (χ1) is 14.0. The molecule has 1 aliphatic heterocycles. The Morgan fingerprint density at radius 3 is 2.69 bits per heavy atom. The van der Waals surface area contributed by atoms with Crippen molar-refractivity contribution in [3.05, 3.63) is 70.6 Å². The number of anilines is 1. The summed E-state index contributed by atoms with van der Waals surface area (Å²) in [5.74, 6) is 0.196. The third-order valence-corrected chi connectivity index (χ3v) is 5.00. The van der Waals surface area contributed by atoms with Crippen molar-refractivity contribution in [1.29, 1.82) is 0 Å². The average Bonchev–Trinajstić information content (AvgIpc) is 3.12. The molecule has 0 saturated carbocycles. The predicted molar refractivity (Wildman–Crippen MR) is 108 cm³/mol. The molecule has 148 valence electrons. The Kier molecular flexibility index (Phi) is 5.03. The summed E-state index contributed by atoms with van der Waals surface area (Å²) in [6.07, 6.45) is 0.341. The number of carbonyl (C=O) groups excluding carboxylic acids is 2. The van der Waals surface area contributed by atoms with Crippen molar-refractivity contribution in [1.82, 2.24) is 5.32 Å². The number of hydrogen-bond donors (Lipinski definition) is 1. The number of ether oxygens (including phenoxy) is 1. The number of hydrogen-bond acceptors (Lipinski definition) is 5. The number of nitrogens with one attached hydrogen (secondary N) is 1. The summed E-state index contributed by atoms with van der Waals surface area (Å²) in [7, 11) is 1.59. The van der Waals surface area contributed by atoms with E-state index in [9.17, 15) is 14.4 Å². The average molecular weight is 392 g/mol. The van der Waals surface area contributed by atoms with Gasteiger partial charge in [0.15, 0.2) is 11.2 Å². The van der Waals surface area contributed by atoms with Crippen molar-refractivity contribution >= 4 is 28.5 Å². The monoisotopic (exact) mass is 392 g/mol. The lowest BCUT2D eigenvalue weighted by atomic mass is 10.1. The molecule has 0 spiro atoms. The van der Waals surface area contributed by atoms with Crippen LogP contribution in [0.3, 0.4) is 0 Å². The summed E-state index contributed by atoms with van der Waals surface area (Å²) in [4.78, 5) is 38.7. The molecule has 1 aromatic heterocycles. The van der Waals surface area contributed by atoms with Gasteiger partial charge in [-0.15, -0.1) is 0 Å². The molecule has 1 aliphatic rings. The van der Waals surface area contributed by atoms with Gasteiger partial charge in [-0.05, 0) is 36.4 Å². The van der Waals surface area contributed by atoms with Gasteiger partial charge >= 0.3 is 0 Å². The topological polar surface area (TPSA) is 88.8 Å². The van der Waals surface area contributed by atoms with Gasteiger partial charge in [0, 0.05) is 37.2 Å². The smallest absolute Gasteiger partial charge is 0.287 e. The van der Waals surface area contributed by atoms with Crippen molar-refractivity contribution in [2.45, 2.75) is 6.42 Å². The van der Waals surface area contributed by atoms with E-state index >= 15 is 0 Å². The second-order valence-electron chi connectivity index (χ2n) is 6.95. The van der Waals surface area contributed by atoms with Crippen molar-refractivity contribution in [2.75, 3.05) is 25.1 Å². The first-order valence-corrected chi connectivity index (χ1v) is 9.30. The molecule has 0 bridgehead atoms. The predicted octanol–water partition coefficient (Wildman–Crippen LogP) is 2.58. The van der Waals surface area contributed by atoms with E-state index in [0.717, 1.165) is 11.4 Å². The first-order valence-electron chi connectivity index (χ1n) is 9.30. The molecule has 7 nitrogen and oxygen atoms in total. The second kappa shape index (κ2) is 7.79. The molecule has 2 amide bonds. The Morgan fingerprint density at radius 2 is 1.93 bits per heavy atom. The molecule has 2 heterocycles. The van der Waals surface area contributed by atoms with Gasteiger partial charge in [-0.2, -0.15) is 0 Å². The normalized spacial score (nSPS) is 16.2. The van der Waals surface area contributed by atoms with Gasteiger partial charge in [0.2, 0.25) is 5.91 Å². The fourth-order valence-electron chi connectivity index (χ4n) is 3.47. The minimum atomic E-state index is -0.469. The van der Waals surface area contributed by atoms with Crippen LogP contribution >= 0.6 is 0 Å². The quantitative estimate of drug-likeness (QED) is 0.721. The maximum atomic E-state index is 12.4. The number of carbonyl (C=O) groups is 2. The molecule has 1 atom stereocenters. The number of nitrogens with zero attached hydrogens (tertiary/aromatic N) is 1. The molecule has 1 fully saturated rings. The highest BCUT2D eigenvalue weighted by Crippen LogP contribution is 2.26. The van der Waals surface area contributed by atoms with Gasteiger partial charge in [0.1, 0.15) is 11.3 Å². The highest BCUT2D eigenvalue weighted by atomic mass is 16.5. The molecule has 0 radical (unpaired) electrons. The number of fused-ring (bicyclic) bond motifs is 1. The number of methoxy groups -OCH3 is 1. The van der Waals surface area contributed by atoms with Crippen LogP contribution in [0, 0.1) is 5.92 Å². The zero-order chi connectivity index (χ0) is 20.4. The van der Waals surface area contributed by atoms with Crippen LogP contribution in [0.5, 0.6) is 5.75 Å². The lowest BCUT2D eigenvalue weighted by Crippen LogP contribution is -2.31. The summed E-state index contributed by atoms with van der Waals surface area (Å²) in [5.41, 5.74) is 0.899. The van der Waals surface area contributed by atoms with Crippen molar-refractivity contribution in [3.8, 4) is 5.75 Å². The Bertz CT molecular complexity index is 1120. The molecule has 0 aliphatic carbocycles. The molecular weight excluding hydrogens is 372 g/mol. The first kappa shape index (κ1) is 18.7. The highest BCUT2D eigenvalue weighted by molar-refractivity contribution is 5.96. The number of amides is 2. The van der Waals surface area contributed by atoms with Gasteiger partial charge < -0.3 is 19.4 Å². The van der Waals surface area contributed by atoms with E-state index < -0.39 is 5.91 Å². The van der Waals surface area contributed by atoms with Crippen molar-refractivity contribution < 1.29 is 18.7 Å². The van der Waals surface area contributed by atoms with E-state index in [1.807, 2.05) is 12.1 Å². The summed E-state index contributed by atoms with van der Waals surface area (Å²) in [5, 5.41) is 3.20. The van der Waals surface area contributed by atoms with Gasteiger partial charge in [-0.3, -0.25) is 14.4 Å². The van der Waals surface area contributed by atoms with Crippen LogP contribution in [0.15, 0.2) is 63.8 Å². The lowest BCUT2D eigenvalue weighted by Gasteiger charge is -2.17. The van der Waals surface area contributed by atoms with E-state index in [1.165, 1.54) is 6.07 Å². The van der Waals surface area contributed by atoms with Gasteiger partial charge in [-0.1, -0.05) is 12.1 Å². The Morgan fingerprint density at radius 1 is 1.17 bits per heavy atom. The zero-order valence-corrected chi connectivity index (χ0v) is 15.9. The lowest BCUT2D eigenvalue weighted by molar-refractivity contribution is -0.117. The van der Waals surface area contributed by atoms with Gasteiger partial charge in [0.25, 0.3) is 5.91 Å². The van der Waals surface area contributed by atoms with Crippen molar-refractivity contribution in [3.63, 3.8) is 0 Å². The van der Waals surface area contributed by atoms with Crippen LogP contribution in [0.4, 0.5) is 5.69 Å². The zero-order valence-electron chi connectivity index (χ0n) is 15.9. The second-order valence-corrected chi connectivity index (χ2v) is 6.95. The maximum absolute atomic E-state index is 12.4. The summed E-state index contributed by atoms with van der Waals surface area (Å²) in [6.45, 7) is 0.820. The molecule has 1 saturated heterocycles. The SMILES string of the molecule is COc1ccc(N2CC(CNC(=O)c3cc(=O)c4ccccc4o3)CC2=O)cc1. The number of para-hydroxylation sites is 1. The minimum Gasteiger partial charge on any atom is -0.497 e. The van der Waals surface area contributed by atoms with Crippen LogP contribution in [-0.2, 0) is 4.79 Å². The Labute approximate surface area is 166 Å². The summed E-state index contributed by atoms with van der Waals surface area (Å²) >= 11 is 0. The van der Waals surface area contributed by atoms with Crippen LogP contribution in [0.2, 0.25) is 0 Å². The van der Waals surface area contributed by atoms with Crippen LogP contribution < -0.4 is 20.4 Å². The fraction of sp³-hybridized carbons (Fsp3) is 0.227. The Balaban J connectivity index is 1.41. The van der Waals surface area contributed by atoms with Crippen LogP contribution in [0.25, 0.3) is 11.0 Å². The van der Waals surface area contributed by atoms with E-state index in [4.69, 9.17) is 9.15 Å². The number of benzene rings is 2. The molecule has 1 N–H and O–H groups in total. The van der Waals surface area contributed by atoms with Gasteiger partial charge in [0.05, 0.1) is 12.5 Å². The van der Waals surface area contributed by atoms with E-state index in [-0.39, 0.29) is 23.0 Å². The molecule has 7 heteroatoms. The van der Waals surface area contributed by atoms with Gasteiger partial charge in [-0.25, -0.2) is 0 Å². The molecule has 29 heavy (non-hydrogen) atoms. The minimum absolute atomic E-state index is 0.00616. The van der Waals surface area contributed by atoms with Crippen LogP contribution in [0.1, 0.15) is 17.0 Å². The summed E-state index contributed by atoms with van der Waals surface area (Å²) in [6, 6.07) is 15.3. The molecule has 3 aromatic rings. The third-order valence-electron chi connectivity index (χ3n) is 5.00. The molecular formula is C22H20N2O5. The fourth-order valence-corrected chi connectivity index (χ4v) is 3.47. The third kappa shape index (κ3) is 3.85. The molecule has 4 rings (SSSR count).